The minimum atomic E-state index is -6.06. The van der Waals surface area contributed by atoms with Crippen molar-refractivity contribution in [1.82, 2.24) is 0 Å². The fourth-order valence-corrected chi connectivity index (χ4v) is 1.81. The van der Waals surface area contributed by atoms with E-state index in [2.05, 4.69) is 0 Å². The normalized spacial score (nSPS) is 12.8. The zero-order chi connectivity index (χ0) is 12.7. The van der Waals surface area contributed by atoms with Gasteiger partial charge in [-0.3, -0.25) is 0 Å². The van der Waals surface area contributed by atoms with Crippen LogP contribution in [0.4, 0.5) is 27.6 Å². The van der Waals surface area contributed by atoms with Crippen LogP contribution in [0.3, 0.4) is 0 Å². The Labute approximate surface area is 86.6 Å². The van der Waals surface area contributed by atoms with Crippen LogP contribution in [0.1, 0.15) is 0 Å². The second-order valence-electron chi connectivity index (χ2n) is 2.76. The maximum Gasteiger partial charge on any atom is 0.502 e. The third kappa shape index (κ3) is 1.94. The van der Waals surface area contributed by atoms with Crippen LogP contribution in [0.2, 0.25) is 0 Å². The zero-order valence-corrected chi connectivity index (χ0v) is 8.16. The Kier molecular flexibility index (Phi) is 2.84. The first-order valence-corrected chi connectivity index (χ1v) is 5.11. The Morgan fingerprint density at radius 1 is 1.06 bits per heavy atom. The third-order valence-corrected chi connectivity index (χ3v) is 3.13. The van der Waals surface area contributed by atoms with Gasteiger partial charge in [-0.2, -0.15) is 13.2 Å². The lowest BCUT2D eigenvalue weighted by Crippen LogP contribution is -2.25. The molecule has 1 aromatic carbocycles. The molecule has 0 spiro atoms. The predicted octanol–water partition coefficient (Wildman–Crippen LogP) is 1.84. The lowest BCUT2D eigenvalue weighted by molar-refractivity contribution is -0.0439. The Bertz CT molecular complexity index is 499. The topological polar surface area (TPSA) is 60.2 Å². The van der Waals surface area contributed by atoms with Gasteiger partial charge in [-0.15, -0.1) is 0 Å². The molecule has 3 nitrogen and oxygen atoms in total. The summed E-state index contributed by atoms with van der Waals surface area (Å²) < 4.78 is 83.5. The lowest BCUT2D eigenvalue weighted by Gasteiger charge is -2.10. The molecule has 0 fully saturated rings. The Hall–Kier alpha value is -1.38. The van der Waals surface area contributed by atoms with Crippen LogP contribution < -0.4 is 5.73 Å². The molecule has 0 saturated heterocycles. The van der Waals surface area contributed by atoms with Crippen molar-refractivity contribution in [2.45, 2.75) is 10.4 Å². The van der Waals surface area contributed by atoms with Crippen LogP contribution in [0.5, 0.6) is 0 Å². The molecule has 0 radical (unpaired) electrons. The van der Waals surface area contributed by atoms with Gasteiger partial charge in [0.1, 0.15) is 16.5 Å². The molecule has 0 aliphatic carbocycles. The third-order valence-electron chi connectivity index (χ3n) is 1.59. The zero-order valence-electron chi connectivity index (χ0n) is 7.35. The Morgan fingerprint density at radius 3 is 1.75 bits per heavy atom. The second kappa shape index (κ2) is 3.58. The molecule has 90 valence electrons. The molecule has 0 aliphatic rings. The van der Waals surface area contributed by atoms with Crippen molar-refractivity contribution in [2.24, 2.45) is 0 Å². The van der Waals surface area contributed by atoms with Gasteiger partial charge in [0.2, 0.25) is 0 Å². The van der Waals surface area contributed by atoms with E-state index >= 15 is 0 Å². The fraction of sp³-hybridized carbons (Fsp3) is 0.143. The van der Waals surface area contributed by atoms with Crippen molar-refractivity contribution in [3.63, 3.8) is 0 Å². The largest absolute Gasteiger partial charge is 0.502 e. The van der Waals surface area contributed by atoms with Crippen molar-refractivity contribution in [3.8, 4) is 0 Å². The highest BCUT2D eigenvalue weighted by atomic mass is 32.2. The van der Waals surface area contributed by atoms with Crippen LogP contribution >= 0.6 is 0 Å². The maximum atomic E-state index is 12.9. The molecule has 9 heteroatoms. The van der Waals surface area contributed by atoms with E-state index in [1.165, 1.54) is 0 Å². The highest BCUT2D eigenvalue weighted by Crippen LogP contribution is 2.33. The molecule has 2 N–H and O–H groups in total. The summed E-state index contributed by atoms with van der Waals surface area (Å²) in [5, 5.41) is 0. The Morgan fingerprint density at radius 2 is 1.44 bits per heavy atom. The number of alkyl halides is 3. The van der Waals surface area contributed by atoms with E-state index in [0.29, 0.717) is 12.1 Å². The smallest absolute Gasteiger partial charge is 0.399 e. The summed E-state index contributed by atoms with van der Waals surface area (Å²) in [6.07, 6.45) is 0. The number of rotatable bonds is 1. The summed E-state index contributed by atoms with van der Waals surface area (Å²) in [6, 6.07) is 0.587. The number of benzene rings is 1. The maximum absolute atomic E-state index is 12.9. The van der Waals surface area contributed by atoms with E-state index < -0.39 is 37.6 Å². The minimum absolute atomic E-state index is 0.293. The highest BCUT2D eigenvalue weighted by Gasteiger charge is 2.49. The summed E-state index contributed by atoms with van der Waals surface area (Å²) >= 11 is 0. The number of sulfone groups is 1. The van der Waals surface area contributed by atoms with E-state index in [0.717, 1.165) is 0 Å². The first-order chi connectivity index (χ1) is 7.07. The van der Waals surface area contributed by atoms with Gasteiger partial charge >= 0.3 is 5.51 Å². The Balaban J connectivity index is 3.59. The summed E-state index contributed by atoms with van der Waals surface area (Å²) in [7, 11) is -6.06. The summed E-state index contributed by atoms with van der Waals surface area (Å²) in [5.74, 6) is -3.76. The number of hydrogen-bond acceptors (Lipinski definition) is 3. The second-order valence-corrected chi connectivity index (χ2v) is 4.64. The number of hydrogen-bond donors (Lipinski definition) is 1. The molecular weight excluding hydrogens is 257 g/mol. The van der Waals surface area contributed by atoms with Crippen molar-refractivity contribution >= 4 is 15.5 Å². The number of nitrogens with two attached hydrogens (primary N) is 1. The monoisotopic (exact) mass is 261 g/mol. The van der Waals surface area contributed by atoms with E-state index in [4.69, 9.17) is 5.73 Å². The molecule has 0 amide bonds. The van der Waals surface area contributed by atoms with E-state index in [1.54, 1.807) is 0 Å². The van der Waals surface area contributed by atoms with Gasteiger partial charge < -0.3 is 5.73 Å². The number of halogens is 5. The van der Waals surface area contributed by atoms with Crippen LogP contribution in [-0.2, 0) is 9.84 Å². The molecule has 0 saturated carbocycles. The molecule has 0 heterocycles. The molecule has 0 bridgehead atoms. The first kappa shape index (κ1) is 12.7. The predicted molar refractivity (Wildman–Crippen MR) is 44.0 cm³/mol. The van der Waals surface area contributed by atoms with Crippen molar-refractivity contribution in [2.75, 3.05) is 5.73 Å². The standard InChI is InChI=1S/C7H4F5NO2S/c8-4-1-3(13)2-5(9)6(4)16(14,15)7(10,11)12/h1-2H,13H2. The summed E-state index contributed by atoms with van der Waals surface area (Å²) in [6.45, 7) is 0. The van der Waals surface area contributed by atoms with Crippen LogP contribution in [0.15, 0.2) is 17.0 Å². The average molecular weight is 261 g/mol. The fourth-order valence-electron chi connectivity index (χ4n) is 0.952. The van der Waals surface area contributed by atoms with Gasteiger partial charge in [0, 0.05) is 5.69 Å². The van der Waals surface area contributed by atoms with Crippen LogP contribution in [0, 0.1) is 11.6 Å². The van der Waals surface area contributed by atoms with Gasteiger partial charge in [-0.25, -0.2) is 17.2 Å². The highest BCUT2D eigenvalue weighted by molar-refractivity contribution is 7.92. The van der Waals surface area contributed by atoms with E-state index in [1.807, 2.05) is 0 Å². The molecule has 0 aliphatic heterocycles. The molecule has 1 aromatic rings. The van der Waals surface area contributed by atoms with Gasteiger partial charge in [0.15, 0.2) is 0 Å². The van der Waals surface area contributed by atoms with Crippen molar-refractivity contribution in [1.29, 1.82) is 0 Å². The molecule has 0 unspecified atom stereocenters. The van der Waals surface area contributed by atoms with Gasteiger partial charge in [0.05, 0.1) is 0 Å². The number of anilines is 1. The lowest BCUT2D eigenvalue weighted by atomic mass is 10.3. The quantitative estimate of drug-likeness (QED) is 0.619. The number of nitrogen functional groups attached to an aromatic ring is 1. The molecule has 16 heavy (non-hydrogen) atoms. The van der Waals surface area contributed by atoms with Gasteiger partial charge in [-0.1, -0.05) is 0 Å². The van der Waals surface area contributed by atoms with Crippen molar-refractivity contribution in [3.05, 3.63) is 23.8 Å². The van der Waals surface area contributed by atoms with Crippen LogP contribution in [-0.4, -0.2) is 13.9 Å². The van der Waals surface area contributed by atoms with E-state index in [9.17, 15) is 30.4 Å². The average Bonchev–Trinajstić information content (AvgIpc) is 1.97. The molecule has 0 atom stereocenters. The molecule has 1 rings (SSSR count). The van der Waals surface area contributed by atoms with Crippen molar-refractivity contribution < 1.29 is 30.4 Å². The molecule has 0 aromatic heterocycles. The summed E-state index contributed by atoms with van der Waals surface area (Å²) in [4.78, 5) is -2.05. The first-order valence-electron chi connectivity index (χ1n) is 3.63. The SMILES string of the molecule is Nc1cc(F)c(S(=O)(=O)C(F)(F)F)c(F)c1. The van der Waals surface area contributed by atoms with E-state index in [-0.39, 0.29) is 0 Å². The van der Waals surface area contributed by atoms with Crippen LogP contribution in [0.25, 0.3) is 0 Å². The molecular formula is C7H4F5NO2S. The summed E-state index contributed by atoms with van der Waals surface area (Å²) in [5.41, 5.74) is -1.37. The van der Waals surface area contributed by atoms with Gasteiger partial charge in [0.25, 0.3) is 9.84 Å². The van der Waals surface area contributed by atoms with Gasteiger partial charge in [-0.05, 0) is 12.1 Å². The minimum Gasteiger partial charge on any atom is -0.399 e.